The van der Waals surface area contributed by atoms with E-state index in [0.29, 0.717) is 12.3 Å². The van der Waals surface area contributed by atoms with Gasteiger partial charge in [-0.1, -0.05) is 30.0 Å². The molecule has 0 unspecified atom stereocenters. The summed E-state index contributed by atoms with van der Waals surface area (Å²) in [4.78, 5) is 17.2. The van der Waals surface area contributed by atoms with Gasteiger partial charge in [0.05, 0.1) is 18.6 Å². The molecule has 1 aliphatic heterocycles. The molecule has 0 radical (unpaired) electrons. The third-order valence-corrected chi connectivity index (χ3v) is 6.80. The van der Waals surface area contributed by atoms with Crippen molar-refractivity contribution in [1.82, 2.24) is 19.7 Å². The van der Waals surface area contributed by atoms with Crippen LogP contribution in [-0.2, 0) is 4.79 Å². The highest BCUT2D eigenvalue weighted by molar-refractivity contribution is 7.99. The first kappa shape index (κ1) is 21.7. The van der Waals surface area contributed by atoms with Crippen molar-refractivity contribution in [1.29, 1.82) is 0 Å². The fourth-order valence-electron chi connectivity index (χ4n) is 4.32. The standard InChI is InChI=1S/C23H31N5O2S/c1-3-27(18-11-5-6-12-18)21(29)17-31-23-25-24-22(26-15-9-4-10-16-26)28(23)19-13-7-8-14-20(19)30-2/h7-8,11,13-14H,3-6,9-10,12,15-17H2,1-2H3. The van der Waals surface area contributed by atoms with E-state index in [-0.39, 0.29) is 5.91 Å². The molecule has 166 valence electrons. The van der Waals surface area contributed by atoms with Gasteiger partial charge in [-0.05, 0) is 57.6 Å². The topological polar surface area (TPSA) is 63.5 Å². The number of allylic oxidation sites excluding steroid dienone is 2. The van der Waals surface area contributed by atoms with Gasteiger partial charge in [-0.15, -0.1) is 10.2 Å². The van der Waals surface area contributed by atoms with Gasteiger partial charge in [0.25, 0.3) is 0 Å². The summed E-state index contributed by atoms with van der Waals surface area (Å²) in [6.07, 6.45) is 8.93. The van der Waals surface area contributed by atoms with Crippen molar-refractivity contribution >= 4 is 23.6 Å². The van der Waals surface area contributed by atoms with Crippen molar-refractivity contribution in [2.75, 3.05) is 37.4 Å². The predicted octanol–water partition coefficient (Wildman–Crippen LogP) is 4.27. The van der Waals surface area contributed by atoms with Gasteiger partial charge in [0.15, 0.2) is 5.16 Å². The van der Waals surface area contributed by atoms with Crippen LogP contribution in [-0.4, -0.2) is 58.1 Å². The molecule has 0 bridgehead atoms. The second-order valence-electron chi connectivity index (χ2n) is 7.85. The number of carbonyl (C=O) groups excluding carboxylic acids is 1. The van der Waals surface area contributed by atoms with Crippen LogP contribution in [0.4, 0.5) is 5.95 Å². The fourth-order valence-corrected chi connectivity index (χ4v) is 5.14. The first-order valence-corrected chi connectivity index (χ1v) is 12.2. The summed E-state index contributed by atoms with van der Waals surface area (Å²) in [6.45, 7) is 4.67. The van der Waals surface area contributed by atoms with Gasteiger partial charge < -0.3 is 14.5 Å². The van der Waals surface area contributed by atoms with Crippen LogP contribution in [0.15, 0.2) is 41.2 Å². The summed E-state index contributed by atoms with van der Waals surface area (Å²) in [7, 11) is 1.68. The van der Waals surface area contributed by atoms with Gasteiger partial charge in [0, 0.05) is 25.3 Å². The summed E-state index contributed by atoms with van der Waals surface area (Å²) in [6, 6.07) is 7.91. The van der Waals surface area contributed by atoms with Crippen molar-refractivity contribution in [2.45, 2.75) is 50.6 Å². The lowest BCUT2D eigenvalue weighted by Gasteiger charge is -2.28. The highest BCUT2D eigenvalue weighted by atomic mass is 32.2. The number of thioether (sulfide) groups is 1. The number of benzene rings is 1. The van der Waals surface area contributed by atoms with E-state index in [9.17, 15) is 4.79 Å². The zero-order valence-electron chi connectivity index (χ0n) is 18.4. The second-order valence-corrected chi connectivity index (χ2v) is 8.79. The average molecular weight is 442 g/mol. The lowest BCUT2D eigenvalue weighted by molar-refractivity contribution is -0.126. The molecule has 4 rings (SSSR count). The smallest absolute Gasteiger partial charge is 0.237 e. The number of carbonyl (C=O) groups is 1. The summed E-state index contributed by atoms with van der Waals surface area (Å²) < 4.78 is 7.68. The van der Waals surface area contributed by atoms with E-state index in [1.807, 2.05) is 40.7 Å². The van der Waals surface area contributed by atoms with Crippen LogP contribution in [0.1, 0.15) is 45.4 Å². The Balaban J connectivity index is 1.61. The van der Waals surface area contributed by atoms with Crippen molar-refractivity contribution in [2.24, 2.45) is 0 Å². The molecule has 0 atom stereocenters. The summed E-state index contributed by atoms with van der Waals surface area (Å²) in [5.41, 5.74) is 2.06. The molecule has 1 aliphatic carbocycles. The number of rotatable bonds is 8. The number of methoxy groups -OCH3 is 1. The molecule has 2 aromatic rings. The first-order chi connectivity index (χ1) is 15.2. The van der Waals surface area contributed by atoms with Gasteiger partial charge in [-0.3, -0.25) is 9.36 Å². The minimum Gasteiger partial charge on any atom is -0.495 e. The monoisotopic (exact) mass is 441 g/mol. The number of aromatic nitrogens is 3. The number of anilines is 1. The minimum atomic E-state index is 0.120. The normalized spacial score (nSPS) is 16.3. The van der Waals surface area contributed by atoms with Crippen LogP contribution in [0.25, 0.3) is 5.69 Å². The van der Waals surface area contributed by atoms with Crippen LogP contribution >= 0.6 is 11.8 Å². The molecule has 8 heteroatoms. The van der Waals surface area contributed by atoms with E-state index in [2.05, 4.69) is 21.2 Å². The van der Waals surface area contributed by atoms with Crippen LogP contribution in [0, 0.1) is 0 Å². The van der Waals surface area contributed by atoms with E-state index < -0.39 is 0 Å². The number of ether oxygens (including phenoxy) is 1. The van der Waals surface area contributed by atoms with E-state index in [0.717, 1.165) is 73.4 Å². The maximum absolute atomic E-state index is 13.0. The Kier molecular flexibility index (Phi) is 7.17. The summed E-state index contributed by atoms with van der Waals surface area (Å²) in [5.74, 6) is 2.04. The van der Waals surface area contributed by atoms with Crippen LogP contribution in [0.5, 0.6) is 5.75 Å². The highest BCUT2D eigenvalue weighted by Crippen LogP contribution is 2.33. The van der Waals surface area contributed by atoms with Crippen molar-refractivity contribution in [3.63, 3.8) is 0 Å². The highest BCUT2D eigenvalue weighted by Gasteiger charge is 2.25. The summed E-state index contributed by atoms with van der Waals surface area (Å²) >= 11 is 1.45. The Bertz CT molecular complexity index is 936. The van der Waals surface area contributed by atoms with Crippen LogP contribution in [0.3, 0.4) is 0 Å². The van der Waals surface area contributed by atoms with Gasteiger partial charge >= 0.3 is 0 Å². The Morgan fingerprint density at radius 2 is 1.97 bits per heavy atom. The number of nitrogens with zero attached hydrogens (tertiary/aromatic N) is 5. The number of hydrogen-bond acceptors (Lipinski definition) is 6. The number of piperidine rings is 1. The van der Waals surface area contributed by atoms with Crippen LogP contribution in [0.2, 0.25) is 0 Å². The van der Waals surface area contributed by atoms with Gasteiger partial charge in [-0.25, -0.2) is 0 Å². The van der Waals surface area contributed by atoms with E-state index in [1.54, 1.807) is 7.11 Å². The SMILES string of the molecule is CCN(C(=O)CSc1nnc(N2CCCCC2)n1-c1ccccc1OC)C1=CCCC1. The minimum absolute atomic E-state index is 0.120. The zero-order valence-corrected chi connectivity index (χ0v) is 19.2. The third-order valence-electron chi connectivity index (χ3n) is 5.89. The largest absolute Gasteiger partial charge is 0.495 e. The number of amides is 1. The molecule has 0 spiro atoms. The van der Waals surface area contributed by atoms with Crippen molar-refractivity contribution < 1.29 is 9.53 Å². The van der Waals surface area contributed by atoms with E-state index >= 15 is 0 Å². The molecule has 0 saturated carbocycles. The summed E-state index contributed by atoms with van der Waals surface area (Å²) in [5, 5.41) is 9.75. The molecule has 0 N–H and O–H groups in total. The quantitative estimate of drug-likeness (QED) is 0.570. The maximum atomic E-state index is 13.0. The Morgan fingerprint density at radius 1 is 1.16 bits per heavy atom. The molecule has 1 amide bonds. The fraction of sp³-hybridized carbons (Fsp3) is 0.522. The lowest BCUT2D eigenvalue weighted by atomic mass is 10.1. The van der Waals surface area contributed by atoms with Gasteiger partial charge in [-0.2, -0.15) is 0 Å². The van der Waals surface area contributed by atoms with Crippen LogP contribution < -0.4 is 9.64 Å². The second kappa shape index (κ2) is 10.2. The maximum Gasteiger partial charge on any atom is 0.237 e. The molecule has 2 heterocycles. The van der Waals surface area contributed by atoms with E-state index in [4.69, 9.17) is 4.74 Å². The Morgan fingerprint density at radius 3 is 2.68 bits per heavy atom. The Hall–Kier alpha value is -2.48. The van der Waals surface area contributed by atoms with Gasteiger partial charge in [0.1, 0.15) is 5.75 Å². The third kappa shape index (κ3) is 4.74. The van der Waals surface area contributed by atoms with Crippen molar-refractivity contribution in [3.05, 3.63) is 36.0 Å². The number of para-hydroxylation sites is 2. The Labute approximate surface area is 188 Å². The molecule has 1 fully saturated rings. The molecule has 7 nitrogen and oxygen atoms in total. The molecule has 1 saturated heterocycles. The lowest BCUT2D eigenvalue weighted by Crippen LogP contribution is -2.32. The molecule has 1 aromatic carbocycles. The number of hydrogen-bond donors (Lipinski definition) is 0. The molecule has 2 aliphatic rings. The van der Waals surface area contributed by atoms with Gasteiger partial charge in [0.2, 0.25) is 11.9 Å². The van der Waals surface area contributed by atoms with E-state index in [1.165, 1.54) is 18.2 Å². The molecule has 1 aromatic heterocycles. The molecular weight excluding hydrogens is 410 g/mol. The molecule has 31 heavy (non-hydrogen) atoms. The predicted molar refractivity (Wildman–Crippen MR) is 124 cm³/mol. The molecular formula is C23H31N5O2S. The zero-order chi connectivity index (χ0) is 21.6. The first-order valence-electron chi connectivity index (χ1n) is 11.2. The average Bonchev–Trinajstić information content (AvgIpc) is 3.49. The van der Waals surface area contributed by atoms with Crippen molar-refractivity contribution in [3.8, 4) is 11.4 Å².